The van der Waals surface area contributed by atoms with Gasteiger partial charge in [0.1, 0.15) is 0 Å². The Balaban J connectivity index is 1.33. The van der Waals surface area contributed by atoms with Crippen LogP contribution in [0.3, 0.4) is 0 Å². The number of hydrogen-bond donors (Lipinski definition) is 1. The summed E-state index contributed by atoms with van der Waals surface area (Å²) in [4.78, 5) is 0. The zero-order valence-electron chi connectivity index (χ0n) is 19.1. The minimum absolute atomic E-state index is 0.00372. The Labute approximate surface area is 182 Å². The van der Waals surface area contributed by atoms with Crippen molar-refractivity contribution in [1.82, 2.24) is 9.78 Å². The summed E-state index contributed by atoms with van der Waals surface area (Å²) in [7, 11) is 1.78. The lowest BCUT2D eigenvalue weighted by Crippen LogP contribution is -2.55. The van der Waals surface area contributed by atoms with Crippen molar-refractivity contribution in [3.8, 4) is 0 Å². The van der Waals surface area contributed by atoms with Crippen LogP contribution in [0, 0.1) is 40.9 Å². The molecule has 0 spiro atoms. The van der Waals surface area contributed by atoms with Crippen molar-refractivity contribution in [1.29, 1.82) is 0 Å². The molecule has 1 N–H and O–H groups in total. The smallest absolute Gasteiger partial charge is 0.0882 e. The maximum absolute atomic E-state index is 10.9. The van der Waals surface area contributed by atoms with Crippen molar-refractivity contribution in [3.05, 3.63) is 30.6 Å². The van der Waals surface area contributed by atoms with Crippen LogP contribution < -0.4 is 0 Å². The first-order chi connectivity index (χ1) is 14.3. The highest BCUT2D eigenvalue weighted by Gasteiger charge is 2.58. The predicted octanol–water partition coefficient (Wildman–Crippen LogP) is 5.08. The molecule has 9 atom stereocenters. The molecule has 4 fully saturated rings. The maximum Gasteiger partial charge on any atom is 0.0882 e. The molecule has 0 amide bonds. The van der Waals surface area contributed by atoms with Gasteiger partial charge in [0.05, 0.1) is 18.2 Å². The number of ether oxygens (including phenoxy) is 1. The molecule has 4 saturated carbocycles. The highest BCUT2D eigenvalue weighted by Crippen LogP contribution is 2.65. The van der Waals surface area contributed by atoms with Crippen molar-refractivity contribution in [2.75, 3.05) is 7.11 Å². The van der Waals surface area contributed by atoms with Crippen LogP contribution in [0.5, 0.6) is 0 Å². The standard InChI is InChI=1S/C26H40N2O2/c1-17(16-28-13-5-12-27-28)22-8-9-23-20-7-6-18-15-26(3,29)24(30-4)14-21(18)19(20)10-11-25(22,23)2/h5,12-13,18-24,29H,1,6-11,14-16H2,2-4H3/t18-,19-,20+,21-,22+,23-,24-,25+,26-/m0/s1. The Kier molecular flexibility index (Phi) is 5.17. The monoisotopic (exact) mass is 412 g/mol. The molecule has 4 heteroatoms. The van der Waals surface area contributed by atoms with Crippen LogP contribution in [0.2, 0.25) is 0 Å². The lowest BCUT2D eigenvalue weighted by molar-refractivity contribution is -0.163. The SMILES string of the molecule is C=C(Cn1cccn1)[C@H]1CC[C@H]2[C@@H]3CC[C@H]4C[C@](C)(O)[C@@H](OC)C[C@@H]4[C@H]3CC[C@]12C. The number of nitrogens with zero attached hydrogens (tertiary/aromatic N) is 2. The van der Waals surface area contributed by atoms with Gasteiger partial charge in [-0.05, 0) is 105 Å². The van der Waals surface area contributed by atoms with E-state index in [0.29, 0.717) is 17.3 Å². The minimum Gasteiger partial charge on any atom is -0.387 e. The van der Waals surface area contributed by atoms with Crippen LogP contribution in [-0.2, 0) is 11.3 Å². The van der Waals surface area contributed by atoms with Crippen molar-refractivity contribution < 1.29 is 9.84 Å². The predicted molar refractivity (Wildman–Crippen MR) is 119 cm³/mol. The molecule has 4 aliphatic rings. The van der Waals surface area contributed by atoms with Gasteiger partial charge in [-0.2, -0.15) is 5.10 Å². The molecule has 166 valence electrons. The number of aromatic nitrogens is 2. The molecule has 1 aromatic heterocycles. The quantitative estimate of drug-likeness (QED) is 0.701. The molecule has 1 heterocycles. The number of hydrogen-bond acceptors (Lipinski definition) is 3. The Morgan fingerprint density at radius 2 is 2.00 bits per heavy atom. The summed E-state index contributed by atoms with van der Waals surface area (Å²) in [5.74, 6) is 4.57. The van der Waals surface area contributed by atoms with E-state index in [4.69, 9.17) is 4.74 Å². The fourth-order valence-electron chi connectivity index (χ4n) is 8.75. The van der Waals surface area contributed by atoms with E-state index in [0.717, 1.165) is 43.1 Å². The van der Waals surface area contributed by atoms with Gasteiger partial charge in [0.15, 0.2) is 0 Å². The number of rotatable bonds is 4. The third-order valence-corrected chi connectivity index (χ3v) is 10.1. The Hall–Kier alpha value is -1.13. The van der Waals surface area contributed by atoms with Gasteiger partial charge in [0.25, 0.3) is 0 Å². The van der Waals surface area contributed by atoms with Crippen LogP contribution >= 0.6 is 0 Å². The van der Waals surface area contributed by atoms with E-state index in [1.54, 1.807) is 7.11 Å². The second-order valence-corrected chi connectivity index (χ2v) is 11.5. The Morgan fingerprint density at radius 3 is 2.73 bits per heavy atom. The van der Waals surface area contributed by atoms with Gasteiger partial charge in [-0.1, -0.05) is 19.1 Å². The number of aliphatic hydroxyl groups is 1. The topological polar surface area (TPSA) is 47.3 Å². The van der Waals surface area contributed by atoms with E-state index in [1.165, 1.54) is 44.1 Å². The highest BCUT2D eigenvalue weighted by molar-refractivity contribution is 5.16. The van der Waals surface area contributed by atoms with Crippen LogP contribution in [0.25, 0.3) is 0 Å². The fourth-order valence-corrected chi connectivity index (χ4v) is 8.75. The van der Waals surface area contributed by atoms with Gasteiger partial charge in [-0.3, -0.25) is 4.68 Å². The first kappa shape index (κ1) is 20.8. The normalized spacial score (nSPS) is 47.9. The van der Waals surface area contributed by atoms with E-state index >= 15 is 0 Å². The molecule has 0 saturated heterocycles. The average Bonchev–Trinajstić information content (AvgIpc) is 3.33. The summed E-state index contributed by atoms with van der Waals surface area (Å²) in [6, 6.07) is 2.00. The second kappa shape index (κ2) is 7.48. The van der Waals surface area contributed by atoms with Gasteiger partial charge >= 0.3 is 0 Å². The van der Waals surface area contributed by atoms with Crippen molar-refractivity contribution in [2.45, 2.75) is 83.5 Å². The summed E-state index contributed by atoms with van der Waals surface area (Å²) in [5.41, 5.74) is 1.12. The molecule has 5 rings (SSSR count). The third kappa shape index (κ3) is 3.21. The van der Waals surface area contributed by atoms with Gasteiger partial charge in [0, 0.05) is 19.5 Å². The molecule has 0 unspecified atom stereocenters. The lowest BCUT2D eigenvalue weighted by Gasteiger charge is -2.58. The van der Waals surface area contributed by atoms with Gasteiger partial charge in [-0.25, -0.2) is 0 Å². The largest absolute Gasteiger partial charge is 0.387 e. The zero-order chi connectivity index (χ0) is 21.1. The van der Waals surface area contributed by atoms with E-state index in [-0.39, 0.29) is 6.10 Å². The molecule has 30 heavy (non-hydrogen) atoms. The highest BCUT2D eigenvalue weighted by atomic mass is 16.5. The third-order valence-electron chi connectivity index (χ3n) is 10.1. The summed E-state index contributed by atoms with van der Waals surface area (Å²) >= 11 is 0. The lowest BCUT2D eigenvalue weighted by atomic mass is 9.48. The first-order valence-corrected chi connectivity index (χ1v) is 12.2. The molecular weight excluding hydrogens is 372 g/mol. The maximum atomic E-state index is 10.9. The van der Waals surface area contributed by atoms with Crippen molar-refractivity contribution in [2.24, 2.45) is 40.9 Å². The molecule has 0 aliphatic heterocycles. The molecule has 0 aromatic carbocycles. The van der Waals surface area contributed by atoms with Crippen LogP contribution in [-0.4, -0.2) is 33.7 Å². The minimum atomic E-state index is -0.658. The summed E-state index contributed by atoms with van der Waals surface area (Å²) in [6.45, 7) is 9.99. The molecule has 1 aromatic rings. The molecular formula is C26H40N2O2. The molecule has 4 aliphatic carbocycles. The summed E-state index contributed by atoms with van der Waals surface area (Å²) in [6.07, 6.45) is 13.9. The van der Waals surface area contributed by atoms with Crippen LogP contribution in [0.15, 0.2) is 30.6 Å². The average molecular weight is 413 g/mol. The Morgan fingerprint density at radius 1 is 1.17 bits per heavy atom. The first-order valence-electron chi connectivity index (χ1n) is 12.2. The summed E-state index contributed by atoms with van der Waals surface area (Å²) < 4.78 is 7.81. The van der Waals surface area contributed by atoms with Gasteiger partial charge < -0.3 is 9.84 Å². The zero-order valence-corrected chi connectivity index (χ0v) is 19.1. The number of methoxy groups -OCH3 is 1. The van der Waals surface area contributed by atoms with E-state index in [1.807, 2.05) is 23.9 Å². The van der Waals surface area contributed by atoms with E-state index < -0.39 is 5.60 Å². The van der Waals surface area contributed by atoms with Gasteiger partial charge in [0.2, 0.25) is 0 Å². The van der Waals surface area contributed by atoms with Crippen LogP contribution in [0.1, 0.15) is 65.2 Å². The molecule has 0 bridgehead atoms. The van der Waals surface area contributed by atoms with Crippen molar-refractivity contribution >= 4 is 0 Å². The van der Waals surface area contributed by atoms with E-state index in [9.17, 15) is 5.11 Å². The van der Waals surface area contributed by atoms with Gasteiger partial charge in [-0.15, -0.1) is 0 Å². The number of allylic oxidation sites excluding steroid dienone is 1. The Bertz CT molecular complexity index is 772. The van der Waals surface area contributed by atoms with Crippen molar-refractivity contribution in [3.63, 3.8) is 0 Å². The number of fused-ring (bicyclic) bond motifs is 5. The fraction of sp³-hybridized carbons (Fsp3) is 0.808. The summed E-state index contributed by atoms with van der Waals surface area (Å²) in [5, 5.41) is 15.3. The van der Waals surface area contributed by atoms with Crippen LogP contribution in [0.4, 0.5) is 0 Å². The van der Waals surface area contributed by atoms with E-state index in [2.05, 4.69) is 24.8 Å². The molecule has 0 radical (unpaired) electrons. The molecule has 4 nitrogen and oxygen atoms in total. The second-order valence-electron chi connectivity index (χ2n) is 11.5.